The number of benzene rings is 5. The number of hydrogen-bond donors (Lipinski definition) is 0. The molecule has 0 fully saturated rings. The van der Waals surface area contributed by atoms with E-state index in [1.165, 1.54) is 121 Å². The topological polar surface area (TPSA) is 177 Å². The predicted molar refractivity (Wildman–Crippen MR) is 214 cm³/mol. The van der Waals surface area contributed by atoms with Crippen molar-refractivity contribution >= 4 is 49.9 Å². The summed E-state index contributed by atoms with van der Waals surface area (Å²) in [7, 11) is -24.5. The molecule has 0 radical (unpaired) electrons. The van der Waals surface area contributed by atoms with E-state index in [1.54, 1.807) is 33.8 Å². The molecule has 5 aromatic carbocycles. The van der Waals surface area contributed by atoms with Crippen LogP contribution in [0.15, 0.2) is 152 Å². The number of aryl methyl sites for hydroxylation is 4. The van der Waals surface area contributed by atoms with Gasteiger partial charge in [-0.3, -0.25) is 0 Å². The average Bonchev–Trinajstić information content (AvgIpc) is 3.14. The molecule has 1 atom stereocenters. The first-order chi connectivity index (χ1) is 26.2. The van der Waals surface area contributed by atoms with E-state index < -0.39 is 101 Å². The standard InChI is InChI=1S/C39H42N2O10S5/c1-30-12-20-36(21-13-30)53(44,45)40(54(46,47)37-22-14-31(2)15-23-37)29-34(9-8-28-52(42,43)35-10-6-5-7-11-35)41(55(48,49)38-24-16-32(3)17-25-38)56(50,51)39-26-18-33(4)19-27-39/h5-7,10-27,34H,8-9,28-29H2,1-4H3. The van der Waals surface area contributed by atoms with Crippen LogP contribution in [0.25, 0.3) is 0 Å². The predicted octanol–water partition coefficient (Wildman–Crippen LogP) is 6.00. The second-order valence-corrected chi connectivity index (χ2v) is 23.3. The molecule has 0 heterocycles. The smallest absolute Gasteiger partial charge is 0.224 e. The van der Waals surface area contributed by atoms with Gasteiger partial charge in [-0.25, -0.2) is 42.1 Å². The Kier molecular flexibility index (Phi) is 12.8. The summed E-state index contributed by atoms with van der Waals surface area (Å²) in [6, 6.07) is 26.5. The van der Waals surface area contributed by atoms with E-state index in [4.69, 9.17) is 0 Å². The van der Waals surface area contributed by atoms with E-state index in [9.17, 15) is 42.1 Å². The summed E-state index contributed by atoms with van der Waals surface area (Å²) in [5, 5.41) is 0. The first-order valence-corrected chi connectivity index (χ1v) is 24.7. The Bertz CT molecular complexity index is 2570. The number of nitrogens with zero attached hydrogens (tertiary/aromatic N) is 2. The Morgan fingerprint density at radius 1 is 0.411 bits per heavy atom. The van der Waals surface area contributed by atoms with Gasteiger partial charge in [-0.05, 0) is 101 Å². The van der Waals surface area contributed by atoms with Crippen molar-refractivity contribution in [1.82, 2.24) is 7.42 Å². The Balaban J connectivity index is 1.76. The molecule has 0 saturated carbocycles. The number of sulfonamides is 4. The first-order valence-electron chi connectivity index (χ1n) is 17.3. The molecule has 56 heavy (non-hydrogen) atoms. The fourth-order valence-electron chi connectivity index (χ4n) is 5.82. The van der Waals surface area contributed by atoms with Crippen molar-refractivity contribution in [2.45, 2.75) is 71.1 Å². The molecule has 1 unspecified atom stereocenters. The van der Waals surface area contributed by atoms with Crippen molar-refractivity contribution in [3.05, 3.63) is 150 Å². The van der Waals surface area contributed by atoms with Crippen molar-refractivity contribution < 1.29 is 42.1 Å². The maximum atomic E-state index is 14.8. The van der Waals surface area contributed by atoms with Gasteiger partial charge in [0.2, 0.25) is 0 Å². The summed E-state index contributed by atoms with van der Waals surface area (Å²) in [6.45, 7) is 5.53. The SMILES string of the molecule is Cc1ccc(S(=O)(=O)N(CC(CCCS(=O)(=O)c2ccccc2)N(S(=O)(=O)c2ccc(C)cc2)S(=O)(=O)c2ccc(C)cc2)S(=O)(=O)c2ccc(C)cc2)cc1. The number of sulfone groups is 1. The minimum absolute atomic E-state index is 0.0431. The van der Waals surface area contributed by atoms with Gasteiger partial charge in [0, 0.05) is 6.54 Å². The molecule has 298 valence electrons. The lowest BCUT2D eigenvalue weighted by Gasteiger charge is -2.33. The molecule has 5 aromatic rings. The fourth-order valence-corrected chi connectivity index (χ4v) is 14.9. The molecule has 17 heteroatoms. The van der Waals surface area contributed by atoms with Gasteiger partial charge in [-0.15, -0.1) is 0 Å². The van der Waals surface area contributed by atoms with Crippen molar-refractivity contribution in [3.63, 3.8) is 0 Å². The van der Waals surface area contributed by atoms with Crippen LogP contribution < -0.4 is 0 Å². The van der Waals surface area contributed by atoms with E-state index in [2.05, 4.69) is 0 Å². The molecule has 0 amide bonds. The summed E-state index contributed by atoms with van der Waals surface area (Å²) < 4.78 is 144. The van der Waals surface area contributed by atoms with Gasteiger partial charge in [0.05, 0.1) is 36.3 Å². The van der Waals surface area contributed by atoms with E-state index in [0.717, 1.165) is 0 Å². The van der Waals surface area contributed by atoms with Crippen molar-refractivity contribution in [2.24, 2.45) is 0 Å². The maximum absolute atomic E-state index is 14.8. The number of rotatable bonds is 16. The van der Waals surface area contributed by atoms with Crippen LogP contribution in [0.1, 0.15) is 35.1 Å². The van der Waals surface area contributed by atoms with Crippen molar-refractivity contribution in [3.8, 4) is 0 Å². The van der Waals surface area contributed by atoms with E-state index in [0.29, 0.717) is 22.3 Å². The lowest BCUT2D eigenvalue weighted by molar-refractivity contribution is 0.358. The third-order valence-corrected chi connectivity index (χ3v) is 19.6. The molecule has 0 aliphatic rings. The molecular formula is C39H42N2O10S5. The maximum Gasteiger partial charge on any atom is 0.256 e. The zero-order chi connectivity index (χ0) is 41.1. The fraction of sp³-hybridized carbons (Fsp3) is 0.231. The summed E-state index contributed by atoms with van der Waals surface area (Å²) in [5.74, 6) is -0.605. The van der Waals surface area contributed by atoms with Gasteiger partial charge in [-0.1, -0.05) is 96.4 Å². The van der Waals surface area contributed by atoms with Gasteiger partial charge in [0.25, 0.3) is 40.1 Å². The highest BCUT2D eigenvalue weighted by Gasteiger charge is 2.47. The summed E-state index contributed by atoms with van der Waals surface area (Å²) in [5.41, 5.74) is 2.63. The second kappa shape index (κ2) is 16.7. The second-order valence-electron chi connectivity index (χ2n) is 13.4. The summed E-state index contributed by atoms with van der Waals surface area (Å²) in [4.78, 5) is -1.92. The Morgan fingerprint density at radius 2 is 0.732 bits per heavy atom. The summed E-state index contributed by atoms with van der Waals surface area (Å²) >= 11 is 0. The van der Waals surface area contributed by atoms with Gasteiger partial charge in [0.1, 0.15) is 0 Å². The van der Waals surface area contributed by atoms with Crippen LogP contribution in [-0.2, 0) is 49.9 Å². The van der Waals surface area contributed by atoms with Crippen LogP contribution in [-0.4, -0.2) is 67.8 Å². The lowest BCUT2D eigenvalue weighted by atomic mass is 10.2. The first kappa shape index (κ1) is 42.9. The average molecular weight is 859 g/mol. The third kappa shape index (κ3) is 9.31. The molecule has 0 saturated heterocycles. The van der Waals surface area contributed by atoms with Crippen LogP contribution >= 0.6 is 0 Å². The highest BCUT2D eigenvalue weighted by atomic mass is 32.3. The van der Waals surface area contributed by atoms with Gasteiger partial charge in [-0.2, -0.15) is 0 Å². The minimum Gasteiger partial charge on any atom is -0.224 e. The quantitative estimate of drug-likeness (QED) is 0.114. The zero-order valence-electron chi connectivity index (χ0n) is 31.0. The van der Waals surface area contributed by atoms with E-state index in [1.807, 2.05) is 0 Å². The molecular weight excluding hydrogens is 817 g/mol. The lowest BCUT2D eigenvalue weighted by Crippen LogP contribution is -2.52. The van der Waals surface area contributed by atoms with E-state index in [-0.39, 0.29) is 12.3 Å². The Labute approximate surface area is 330 Å². The monoisotopic (exact) mass is 858 g/mol. The molecule has 0 aliphatic carbocycles. The molecule has 0 aromatic heterocycles. The van der Waals surface area contributed by atoms with Crippen LogP contribution in [0.5, 0.6) is 0 Å². The molecule has 12 nitrogen and oxygen atoms in total. The van der Waals surface area contributed by atoms with Crippen LogP contribution in [0, 0.1) is 27.7 Å². The van der Waals surface area contributed by atoms with Crippen LogP contribution in [0.2, 0.25) is 0 Å². The Hall–Kier alpha value is -4.23. The molecule has 0 bridgehead atoms. The van der Waals surface area contributed by atoms with Crippen LogP contribution in [0.3, 0.4) is 0 Å². The molecule has 0 spiro atoms. The molecule has 5 rings (SSSR count). The highest BCUT2D eigenvalue weighted by molar-refractivity contribution is 8.04. The number of hydrogen-bond acceptors (Lipinski definition) is 10. The minimum atomic E-state index is -5.15. The van der Waals surface area contributed by atoms with E-state index >= 15 is 0 Å². The normalized spacial score (nSPS) is 13.5. The Morgan fingerprint density at radius 3 is 1.07 bits per heavy atom. The summed E-state index contributed by atoms with van der Waals surface area (Å²) in [6.07, 6.45) is -1.00. The largest absolute Gasteiger partial charge is 0.256 e. The van der Waals surface area contributed by atoms with Crippen LogP contribution in [0.4, 0.5) is 0 Å². The van der Waals surface area contributed by atoms with Crippen molar-refractivity contribution in [1.29, 1.82) is 0 Å². The van der Waals surface area contributed by atoms with Gasteiger partial charge in [0.15, 0.2) is 9.84 Å². The highest BCUT2D eigenvalue weighted by Crippen LogP contribution is 2.33. The third-order valence-electron chi connectivity index (χ3n) is 9.00. The molecule has 0 aliphatic heterocycles. The zero-order valence-corrected chi connectivity index (χ0v) is 35.1. The van der Waals surface area contributed by atoms with Gasteiger partial charge >= 0.3 is 0 Å². The molecule has 0 N–H and O–H groups in total. The van der Waals surface area contributed by atoms with Crippen molar-refractivity contribution in [2.75, 3.05) is 12.3 Å². The van der Waals surface area contributed by atoms with Gasteiger partial charge < -0.3 is 0 Å².